The number of carbonyl (C=O) groups excluding carboxylic acids is 1. The van der Waals surface area contributed by atoms with Crippen LogP contribution in [0.3, 0.4) is 0 Å². The summed E-state index contributed by atoms with van der Waals surface area (Å²) >= 11 is 8.54. The molecule has 0 aliphatic carbocycles. The van der Waals surface area contributed by atoms with Gasteiger partial charge in [-0.05, 0) is 42.5 Å². The maximum absolute atomic E-state index is 12.4. The summed E-state index contributed by atoms with van der Waals surface area (Å²) in [6, 6.07) is 12.4. The molecule has 0 atom stereocenters. The van der Waals surface area contributed by atoms with E-state index in [1.165, 1.54) is 7.11 Å². The van der Waals surface area contributed by atoms with Crippen molar-refractivity contribution in [3.05, 3.63) is 65.2 Å². The van der Waals surface area contributed by atoms with Gasteiger partial charge in [-0.15, -0.1) is 0 Å². The van der Waals surface area contributed by atoms with Gasteiger partial charge >= 0.3 is 0 Å². The first kappa shape index (κ1) is 19.0. The lowest BCUT2D eigenvalue weighted by atomic mass is 10.2. The van der Waals surface area contributed by atoms with Gasteiger partial charge in [-0.25, -0.2) is 0 Å². The van der Waals surface area contributed by atoms with E-state index in [1.54, 1.807) is 30.3 Å². The van der Waals surface area contributed by atoms with Gasteiger partial charge in [0.1, 0.15) is 18.1 Å². The molecule has 0 radical (unpaired) electrons. The van der Waals surface area contributed by atoms with Crippen LogP contribution >= 0.6 is 28.1 Å². The van der Waals surface area contributed by atoms with Gasteiger partial charge in [0.05, 0.1) is 12.7 Å². The van der Waals surface area contributed by atoms with Crippen molar-refractivity contribution >= 4 is 44.9 Å². The molecule has 0 fully saturated rings. The first-order valence-electron chi connectivity index (χ1n) is 7.33. The van der Waals surface area contributed by atoms with Crippen molar-refractivity contribution in [2.24, 2.45) is 0 Å². The van der Waals surface area contributed by atoms with Crippen LogP contribution in [-0.2, 0) is 0 Å². The molecule has 2 rings (SSSR count). The largest absolute Gasteiger partial charge is 0.496 e. The predicted octanol–water partition coefficient (Wildman–Crippen LogP) is 4.15. The van der Waals surface area contributed by atoms with Crippen LogP contribution in [0.4, 0.5) is 5.69 Å². The van der Waals surface area contributed by atoms with Gasteiger partial charge < -0.3 is 14.8 Å². The van der Waals surface area contributed by atoms with E-state index in [1.807, 2.05) is 18.2 Å². The Labute approximate surface area is 160 Å². The summed E-state index contributed by atoms with van der Waals surface area (Å²) in [4.78, 5) is 12.4. The molecule has 2 aromatic carbocycles. The number of carbonyl (C=O) groups is 1. The number of hydrogen-bond donors (Lipinski definition) is 2. The zero-order chi connectivity index (χ0) is 18.2. The lowest BCUT2D eigenvalue weighted by molar-refractivity contribution is 0.0974. The van der Waals surface area contributed by atoms with E-state index in [-0.39, 0.29) is 11.0 Å². The highest BCUT2D eigenvalue weighted by Gasteiger charge is 2.14. The standard InChI is InChI=1S/C18H17BrN2O3S/c1-3-9-24-14-6-4-5-13(11-14)20-18(25)21-17(22)15-10-12(19)7-8-16(15)23-2/h3-8,10-11H,1,9H2,2H3,(H2,20,21,22,25). The quantitative estimate of drug-likeness (QED) is 0.542. The fraction of sp³-hybridized carbons (Fsp3) is 0.111. The van der Waals surface area contributed by atoms with Gasteiger partial charge in [0.2, 0.25) is 0 Å². The molecule has 0 aliphatic rings. The van der Waals surface area contributed by atoms with Crippen LogP contribution < -0.4 is 20.1 Å². The fourth-order valence-electron chi connectivity index (χ4n) is 2.01. The number of hydrogen-bond acceptors (Lipinski definition) is 4. The highest BCUT2D eigenvalue weighted by atomic mass is 79.9. The molecule has 2 N–H and O–H groups in total. The SMILES string of the molecule is C=CCOc1cccc(NC(=S)NC(=O)c2cc(Br)ccc2OC)c1. The normalized spacial score (nSPS) is 9.84. The van der Waals surface area contributed by atoms with E-state index in [0.717, 1.165) is 4.47 Å². The third-order valence-corrected chi connectivity index (χ3v) is 3.79. The molecule has 0 aromatic heterocycles. The Morgan fingerprint density at radius 1 is 1.32 bits per heavy atom. The second kappa shape index (κ2) is 9.19. The molecule has 0 bridgehead atoms. The van der Waals surface area contributed by atoms with Crippen molar-refractivity contribution in [2.45, 2.75) is 0 Å². The van der Waals surface area contributed by atoms with Crippen molar-refractivity contribution in [1.82, 2.24) is 5.32 Å². The number of benzene rings is 2. The lowest BCUT2D eigenvalue weighted by Gasteiger charge is -2.12. The van der Waals surface area contributed by atoms with Crippen LogP contribution in [0.1, 0.15) is 10.4 Å². The molecule has 0 spiro atoms. The topological polar surface area (TPSA) is 59.6 Å². The Balaban J connectivity index is 2.04. The van der Waals surface area contributed by atoms with Crippen molar-refractivity contribution in [1.29, 1.82) is 0 Å². The van der Waals surface area contributed by atoms with E-state index >= 15 is 0 Å². The average Bonchev–Trinajstić information content (AvgIpc) is 2.60. The number of thiocarbonyl (C=S) groups is 1. The van der Waals surface area contributed by atoms with Gasteiger partial charge in [0, 0.05) is 16.2 Å². The minimum absolute atomic E-state index is 0.174. The predicted molar refractivity (Wildman–Crippen MR) is 107 cm³/mol. The monoisotopic (exact) mass is 420 g/mol. The van der Waals surface area contributed by atoms with Crippen LogP contribution in [-0.4, -0.2) is 24.7 Å². The summed E-state index contributed by atoms with van der Waals surface area (Å²) in [5, 5.41) is 5.76. The number of anilines is 1. The number of ether oxygens (including phenoxy) is 2. The number of rotatable bonds is 6. The van der Waals surface area contributed by atoms with E-state index < -0.39 is 0 Å². The summed E-state index contributed by atoms with van der Waals surface area (Å²) in [6.45, 7) is 4.02. The Morgan fingerprint density at radius 2 is 2.12 bits per heavy atom. The molecular weight excluding hydrogens is 404 g/mol. The average molecular weight is 421 g/mol. The summed E-state index contributed by atoms with van der Waals surface area (Å²) in [6.07, 6.45) is 1.66. The summed E-state index contributed by atoms with van der Waals surface area (Å²) in [7, 11) is 1.51. The smallest absolute Gasteiger partial charge is 0.261 e. The van der Waals surface area contributed by atoms with Crippen LogP contribution in [0.5, 0.6) is 11.5 Å². The second-order valence-corrected chi connectivity index (χ2v) is 6.20. The number of methoxy groups -OCH3 is 1. The first-order valence-corrected chi connectivity index (χ1v) is 8.53. The van der Waals surface area contributed by atoms with Gasteiger partial charge in [0.15, 0.2) is 5.11 Å². The molecule has 0 saturated heterocycles. The first-order chi connectivity index (χ1) is 12.0. The molecule has 0 aliphatic heterocycles. The lowest BCUT2D eigenvalue weighted by Crippen LogP contribution is -2.34. The van der Waals surface area contributed by atoms with Gasteiger partial charge in [0.25, 0.3) is 5.91 Å². The van der Waals surface area contributed by atoms with Gasteiger partial charge in [-0.2, -0.15) is 0 Å². The van der Waals surface area contributed by atoms with Gasteiger partial charge in [-0.3, -0.25) is 10.1 Å². The zero-order valence-electron chi connectivity index (χ0n) is 13.5. The second-order valence-electron chi connectivity index (χ2n) is 4.88. The highest BCUT2D eigenvalue weighted by Crippen LogP contribution is 2.23. The van der Waals surface area contributed by atoms with Crippen molar-refractivity contribution in [3.8, 4) is 11.5 Å². The Bertz CT molecular complexity index is 796. The van der Waals surface area contributed by atoms with Gasteiger partial charge in [-0.1, -0.05) is 34.7 Å². The third kappa shape index (κ3) is 5.58. The Hall–Kier alpha value is -2.38. The van der Waals surface area contributed by atoms with Crippen LogP contribution in [0.25, 0.3) is 0 Å². The molecule has 0 heterocycles. The summed E-state index contributed by atoms with van der Waals surface area (Å²) in [5.74, 6) is 0.769. The fourth-order valence-corrected chi connectivity index (χ4v) is 2.58. The minimum atomic E-state index is -0.366. The Morgan fingerprint density at radius 3 is 2.84 bits per heavy atom. The molecule has 25 heavy (non-hydrogen) atoms. The summed E-state index contributed by atoms with van der Waals surface area (Å²) in [5.41, 5.74) is 1.08. The molecule has 0 unspecified atom stereocenters. The van der Waals surface area contributed by atoms with E-state index in [0.29, 0.717) is 29.4 Å². The number of halogens is 1. The van der Waals surface area contributed by atoms with Crippen LogP contribution in [0.15, 0.2) is 59.6 Å². The summed E-state index contributed by atoms with van der Waals surface area (Å²) < 4.78 is 11.4. The molecule has 5 nitrogen and oxygen atoms in total. The van der Waals surface area contributed by atoms with Crippen molar-refractivity contribution in [3.63, 3.8) is 0 Å². The zero-order valence-corrected chi connectivity index (χ0v) is 15.9. The maximum Gasteiger partial charge on any atom is 0.261 e. The van der Waals surface area contributed by atoms with Crippen molar-refractivity contribution < 1.29 is 14.3 Å². The number of amides is 1. The van der Waals surface area contributed by atoms with E-state index in [2.05, 4.69) is 33.1 Å². The molecule has 130 valence electrons. The Kier molecular flexibility index (Phi) is 6.97. The molecule has 7 heteroatoms. The molecule has 2 aromatic rings. The van der Waals surface area contributed by atoms with E-state index in [4.69, 9.17) is 21.7 Å². The maximum atomic E-state index is 12.4. The third-order valence-electron chi connectivity index (χ3n) is 3.09. The van der Waals surface area contributed by atoms with Crippen LogP contribution in [0.2, 0.25) is 0 Å². The number of nitrogens with one attached hydrogen (secondary N) is 2. The molecular formula is C18H17BrN2O3S. The van der Waals surface area contributed by atoms with E-state index in [9.17, 15) is 4.79 Å². The van der Waals surface area contributed by atoms with Crippen LogP contribution in [0, 0.1) is 0 Å². The molecule has 0 saturated carbocycles. The minimum Gasteiger partial charge on any atom is -0.496 e. The molecule has 1 amide bonds. The highest BCUT2D eigenvalue weighted by molar-refractivity contribution is 9.10. The van der Waals surface area contributed by atoms with Crippen molar-refractivity contribution in [2.75, 3.05) is 19.0 Å².